The zero-order valence-corrected chi connectivity index (χ0v) is 12.9. The van der Waals surface area contributed by atoms with Crippen LogP contribution in [-0.4, -0.2) is 9.97 Å². The lowest BCUT2D eigenvalue weighted by Gasteiger charge is -2.04. The van der Waals surface area contributed by atoms with Gasteiger partial charge in [0.15, 0.2) is 0 Å². The number of aromatic amines is 2. The molecule has 2 heterocycles. The third kappa shape index (κ3) is 2.22. The third-order valence-corrected chi connectivity index (χ3v) is 4.41. The Morgan fingerprint density at radius 1 is 0.708 bits per heavy atom. The Bertz CT molecular complexity index is 1040. The molecule has 0 saturated carbocycles. The van der Waals surface area contributed by atoms with E-state index in [2.05, 4.69) is 58.5 Å². The summed E-state index contributed by atoms with van der Waals surface area (Å²) in [5.74, 6) is 0. The second-order valence-corrected chi connectivity index (χ2v) is 5.82. The molecule has 114 valence electrons. The molecule has 0 radical (unpaired) electrons. The molecular weight excluding hydrogens is 296 g/mol. The summed E-state index contributed by atoms with van der Waals surface area (Å²) >= 11 is 0. The highest BCUT2D eigenvalue weighted by atomic mass is 14.7. The number of nitrogens with zero attached hydrogens (tertiary/aromatic N) is 2. The molecule has 0 amide bonds. The lowest BCUT2D eigenvalue weighted by molar-refractivity contribution is 1.28. The summed E-state index contributed by atoms with van der Waals surface area (Å²) in [6, 6.07) is 16.9. The summed E-state index contributed by atoms with van der Waals surface area (Å²) in [7, 11) is 0. The van der Waals surface area contributed by atoms with Gasteiger partial charge in [-0.15, -0.1) is 0 Å². The van der Waals surface area contributed by atoms with Crippen LogP contribution in [0.15, 0.2) is 48.8 Å². The van der Waals surface area contributed by atoms with Crippen molar-refractivity contribution >= 4 is 21.8 Å². The van der Waals surface area contributed by atoms with Crippen molar-refractivity contribution in [3.05, 3.63) is 59.9 Å². The highest BCUT2D eigenvalue weighted by Crippen LogP contribution is 2.29. The van der Waals surface area contributed by atoms with Crippen LogP contribution >= 0.6 is 0 Å². The van der Waals surface area contributed by atoms with Gasteiger partial charge in [0.05, 0.1) is 25.0 Å². The predicted octanol–water partition coefficient (Wildman–Crippen LogP) is 4.45. The Morgan fingerprint density at radius 2 is 1.17 bits per heavy atom. The van der Waals surface area contributed by atoms with Crippen molar-refractivity contribution in [3.8, 4) is 23.3 Å². The third-order valence-electron chi connectivity index (χ3n) is 4.41. The van der Waals surface area contributed by atoms with E-state index in [0.717, 1.165) is 44.1 Å². The Morgan fingerprint density at radius 3 is 1.58 bits per heavy atom. The summed E-state index contributed by atoms with van der Waals surface area (Å²) in [4.78, 5) is 6.49. The summed E-state index contributed by atoms with van der Waals surface area (Å²) in [6.45, 7) is 0. The molecule has 4 heteroatoms. The van der Waals surface area contributed by atoms with E-state index in [1.54, 1.807) is 0 Å². The van der Waals surface area contributed by atoms with Crippen LogP contribution in [0.3, 0.4) is 0 Å². The summed E-state index contributed by atoms with van der Waals surface area (Å²) in [5, 5.41) is 20.0. The maximum absolute atomic E-state index is 8.88. The van der Waals surface area contributed by atoms with Gasteiger partial charge in [0.25, 0.3) is 0 Å². The molecule has 24 heavy (non-hydrogen) atoms. The number of benzene rings is 2. The highest BCUT2D eigenvalue weighted by molar-refractivity contribution is 5.91. The molecule has 0 saturated heterocycles. The van der Waals surface area contributed by atoms with Crippen LogP contribution in [0.5, 0.6) is 0 Å². The van der Waals surface area contributed by atoms with E-state index in [-0.39, 0.29) is 0 Å². The Balaban J connectivity index is 1.78. The fourth-order valence-electron chi connectivity index (χ4n) is 3.19. The van der Waals surface area contributed by atoms with Crippen molar-refractivity contribution in [2.24, 2.45) is 0 Å². The summed E-state index contributed by atoms with van der Waals surface area (Å²) < 4.78 is 0. The fraction of sp³-hybridized carbons (Fsp3) is 0.100. The van der Waals surface area contributed by atoms with E-state index >= 15 is 0 Å². The average Bonchev–Trinajstić information content (AvgIpc) is 3.19. The number of H-pyrrole nitrogens is 2. The fourth-order valence-corrected chi connectivity index (χ4v) is 3.19. The van der Waals surface area contributed by atoms with E-state index in [9.17, 15) is 0 Å². The van der Waals surface area contributed by atoms with E-state index < -0.39 is 0 Å². The van der Waals surface area contributed by atoms with Crippen LogP contribution in [-0.2, 0) is 12.8 Å². The molecule has 0 spiro atoms. The minimum Gasteiger partial charge on any atom is -0.361 e. The molecule has 0 fully saturated rings. The normalized spacial score (nSPS) is 10.8. The second kappa shape index (κ2) is 5.61. The van der Waals surface area contributed by atoms with Crippen molar-refractivity contribution in [2.75, 3.05) is 0 Å². The summed E-state index contributed by atoms with van der Waals surface area (Å²) in [5.41, 5.74) is 6.36. The van der Waals surface area contributed by atoms with E-state index in [4.69, 9.17) is 10.5 Å². The molecule has 4 rings (SSSR count). The van der Waals surface area contributed by atoms with Gasteiger partial charge in [-0.3, -0.25) is 0 Å². The van der Waals surface area contributed by atoms with Crippen LogP contribution in [0.4, 0.5) is 0 Å². The van der Waals surface area contributed by atoms with Gasteiger partial charge in [-0.1, -0.05) is 24.3 Å². The number of aromatic nitrogens is 2. The van der Waals surface area contributed by atoms with Crippen LogP contribution in [0, 0.1) is 22.7 Å². The second-order valence-electron chi connectivity index (χ2n) is 5.82. The van der Waals surface area contributed by atoms with Crippen molar-refractivity contribution in [3.63, 3.8) is 0 Å². The molecule has 4 nitrogen and oxygen atoms in total. The first-order valence-electron chi connectivity index (χ1n) is 7.74. The summed E-state index contributed by atoms with van der Waals surface area (Å²) in [6.07, 6.45) is 4.63. The number of hydrogen-bond donors (Lipinski definition) is 2. The molecule has 2 N–H and O–H groups in total. The number of nitrogens with one attached hydrogen (secondary N) is 2. The molecule has 0 aliphatic rings. The van der Waals surface area contributed by atoms with E-state index in [0.29, 0.717) is 12.8 Å². The van der Waals surface area contributed by atoms with Crippen molar-refractivity contribution in [1.82, 2.24) is 9.97 Å². The van der Waals surface area contributed by atoms with Crippen LogP contribution in [0.2, 0.25) is 0 Å². The van der Waals surface area contributed by atoms with Crippen LogP contribution in [0.25, 0.3) is 32.9 Å². The van der Waals surface area contributed by atoms with E-state index in [1.165, 1.54) is 0 Å². The van der Waals surface area contributed by atoms with Gasteiger partial charge in [0.2, 0.25) is 0 Å². The first kappa shape index (κ1) is 14.1. The number of rotatable bonds is 3. The van der Waals surface area contributed by atoms with Gasteiger partial charge in [0.1, 0.15) is 0 Å². The maximum atomic E-state index is 8.88. The van der Waals surface area contributed by atoms with Crippen molar-refractivity contribution in [1.29, 1.82) is 10.5 Å². The van der Waals surface area contributed by atoms with Gasteiger partial charge >= 0.3 is 0 Å². The zero-order valence-electron chi connectivity index (χ0n) is 12.9. The Kier molecular flexibility index (Phi) is 3.30. The first-order valence-corrected chi connectivity index (χ1v) is 7.74. The highest BCUT2D eigenvalue weighted by Gasteiger charge is 2.08. The monoisotopic (exact) mass is 310 g/mol. The molecule has 4 aromatic rings. The first-order chi connectivity index (χ1) is 11.8. The lowest BCUT2D eigenvalue weighted by atomic mass is 10.0. The zero-order chi connectivity index (χ0) is 16.5. The topological polar surface area (TPSA) is 79.2 Å². The molecule has 2 aromatic carbocycles. The standard InChI is InChI=1S/C20H14N4/c21-7-5-15-11-23-19-9-13(1-3-17(15)19)14-2-4-18-16(6-8-22)12-24-20(18)10-14/h1-4,9-12,23-24H,5-6H2. The molecule has 0 atom stereocenters. The molecular formula is C20H14N4. The Labute approximate surface area is 139 Å². The molecule has 2 aromatic heterocycles. The quantitative estimate of drug-likeness (QED) is 0.586. The SMILES string of the molecule is N#CCc1c[nH]c2cc(-c3ccc4c(CC#N)c[nH]c4c3)ccc12. The minimum absolute atomic E-state index is 0.412. The molecule has 0 aliphatic heterocycles. The molecule has 0 unspecified atom stereocenters. The maximum Gasteiger partial charge on any atom is 0.0670 e. The number of hydrogen-bond acceptors (Lipinski definition) is 2. The molecule has 0 bridgehead atoms. The van der Waals surface area contributed by atoms with Gasteiger partial charge in [-0.05, 0) is 34.4 Å². The van der Waals surface area contributed by atoms with Crippen LogP contribution < -0.4 is 0 Å². The minimum atomic E-state index is 0.412. The van der Waals surface area contributed by atoms with Crippen molar-refractivity contribution in [2.45, 2.75) is 12.8 Å². The predicted molar refractivity (Wildman–Crippen MR) is 94.2 cm³/mol. The number of fused-ring (bicyclic) bond motifs is 2. The van der Waals surface area contributed by atoms with Gasteiger partial charge in [0, 0.05) is 34.2 Å². The van der Waals surface area contributed by atoms with Crippen molar-refractivity contribution < 1.29 is 0 Å². The van der Waals surface area contributed by atoms with Gasteiger partial charge < -0.3 is 9.97 Å². The van der Waals surface area contributed by atoms with E-state index in [1.807, 2.05) is 12.4 Å². The number of nitriles is 2. The van der Waals surface area contributed by atoms with Gasteiger partial charge in [-0.25, -0.2) is 0 Å². The average molecular weight is 310 g/mol. The van der Waals surface area contributed by atoms with Crippen LogP contribution in [0.1, 0.15) is 11.1 Å². The molecule has 0 aliphatic carbocycles. The Hall–Kier alpha value is -3.50. The van der Waals surface area contributed by atoms with Gasteiger partial charge in [-0.2, -0.15) is 10.5 Å². The smallest absolute Gasteiger partial charge is 0.0670 e. The lowest BCUT2D eigenvalue weighted by Crippen LogP contribution is -1.82. The largest absolute Gasteiger partial charge is 0.361 e.